The molecule has 0 fully saturated rings. The highest BCUT2D eigenvalue weighted by Gasteiger charge is 2.16. The fourth-order valence-electron chi connectivity index (χ4n) is 2.49. The Hall–Kier alpha value is -2.05. The van der Waals surface area contributed by atoms with Crippen LogP contribution in [0.2, 0.25) is 0 Å². The third-order valence-corrected chi connectivity index (χ3v) is 4.80. The van der Waals surface area contributed by atoms with Crippen LogP contribution in [0.1, 0.15) is 16.5 Å². The molecule has 0 radical (unpaired) electrons. The minimum atomic E-state index is -0.145. The number of benzene rings is 1. The zero-order valence-electron chi connectivity index (χ0n) is 14.4. The van der Waals surface area contributed by atoms with Crippen molar-refractivity contribution in [3.63, 3.8) is 0 Å². The summed E-state index contributed by atoms with van der Waals surface area (Å²) in [7, 11) is 5.70. The van der Waals surface area contributed by atoms with Gasteiger partial charge in [0.2, 0.25) is 0 Å². The fourth-order valence-corrected chi connectivity index (χ4v) is 3.41. The molecule has 24 heavy (non-hydrogen) atoms. The molecule has 130 valence electrons. The predicted octanol–water partition coefficient (Wildman–Crippen LogP) is 2.90. The lowest BCUT2D eigenvalue weighted by Gasteiger charge is -2.23. The predicted molar refractivity (Wildman–Crippen MR) is 98.8 cm³/mol. The van der Waals surface area contributed by atoms with E-state index >= 15 is 0 Å². The van der Waals surface area contributed by atoms with Crippen LogP contribution >= 0.6 is 11.3 Å². The van der Waals surface area contributed by atoms with Crippen LogP contribution in [0.15, 0.2) is 41.8 Å². The Balaban J connectivity index is 1.77. The van der Waals surface area contributed by atoms with Crippen molar-refractivity contribution in [2.75, 3.05) is 34.3 Å². The van der Waals surface area contributed by atoms with E-state index in [1.807, 2.05) is 44.4 Å². The summed E-state index contributed by atoms with van der Waals surface area (Å²) in [6.07, 6.45) is 0.736. The van der Waals surface area contributed by atoms with Crippen LogP contribution in [0.3, 0.4) is 0 Å². The van der Waals surface area contributed by atoms with Gasteiger partial charge in [0.1, 0.15) is 5.75 Å². The summed E-state index contributed by atoms with van der Waals surface area (Å²) in [6, 6.07) is 12.0. The van der Waals surface area contributed by atoms with Crippen molar-refractivity contribution in [2.45, 2.75) is 12.5 Å². The van der Waals surface area contributed by atoms with Gasteiger partial charge in [-0.25, -0.2) is 4.79 Å². The molecule has 0 bridgehead atoms. The van der Waals surface area contributed by atoms with Gasteiger partial charge in [-0.3, -0.25) is 0 Å². The van der Waals surface area contributed by atoms with Crippen LogP contribution in [0, 0.1) is 0 Å². The number of ether oxygens (including phenoxy) is 1. The lowest BCUT2D eigenvalue weighted by atomic mass is 10.1. The molecule has 5 nitrogen and oxygen atoms in total. The van der Waals surface area contributed by atoms with Crippen molar-refractivity contribution in [3.8, 4) is 5.75 Å². The highest BCUT2D eigenvalue weighted by atomic mass is 32.1. The fraction of sp³-hybridized carbons (Fsp3) is 0.389. The first-order valence-corrected chi connectivity index (χ1v) is 8.83. The summed E-state index contributed by atoms with van der Waals surface area (Å²) >= 11 is 1.70. The minimum Gasteiger partial charge on any atom is -0.496 e. The van der Waals surface area contributed by atoms with Gasteiger partial charge in [0, 0.05) is 18.0 Å². The van der Waals surface area contributed by atoms with Crippen molar-refractivity contribution in [1.82, 2.24) is 15.5 Å². The molecule has 0 saturated heterocycles. The Morgan fingerprint density at radius 2 is 2.00 bits per heavy atom. The van der Waals surface area contributed by atoms with Crippen LogP contribution in [0.5, 0.6) is 5.75 Å². The second kappa shape index (κ2) is 9.30. The molecule has 2 N–H and O–H groups in total. The maximum Gasteiger partial charge on any atom is 0.314 e. The van der Waals surface area contributed by atoms with Gasteiger partial charge >= 0.3 is 6.03 Å². The Kier molecular flexibility index (Phi) is 7.08. The van der Waals surface area contributed by atoms with Crippen LogP contribution < -0.4 is 15.4 Å². The molecule has 2 rings (SSSR count). The van der Waals surface area contributed by atoms with E-state index in [4.69, 9.17) is 4.74 Å². The van der Waals surface area contributed by atoms with Gasteiger partial charge in [0.05, 0.1) is 13.2 Å². The second-order valence-electron chi connectivity index (χ2n) is 5.69. The van der Waals surface area contributed by atoms with Gasteiger partial charge < -0.3 is 20.3 Å². The van der Waals surface area contributed by atoms with Gasteiger partial charge in [0.25, 0.3) is 0 Å². The largest absolute Gasteiger partial charge is 0.496 e. The van der Waals surface area contributed by atoms with Gasteiger partial charge in [-0.15, -0.1) is 11.3 Å². The number of para-hydroxylation sites is 1. The molecule has 0 saturated carbocycles. The second-order valence-corrected chi connectivity index (χ2v) is 6.67. The Bertz CT molecular complexity index is 629. The molecule has 1 aromatic heterocycles. The number of nitrogens with zero attached hydrogens (tertiary/aromatic N) is 1. The summed E-state index contributed by atoms with van der Waals surface area (Å²) in [4.78, 5) is 15.4. The number of nitrogens with one attached hydrogen (secondary N) is 2. The lowest BCUT2D eigenvalue weighted by molar-refractivity contribution is 0.233. The van der Waals surface area contributed by atoms with Crippen molar-refractivity contribution in [3.05, 3.63) is 52.2 Å². The quantitative estimate of drug-likeness (QED) is 0.772. The summed E-state index contributed by atoms with van der Waals surface area (Å²) < 4.78 is 5.32. The van der Waals surface area contributed by atoms with Crippen LogP contribution in [-0.2, 0) is 6.42 Å². The van der Waals surface area contributed by atoms with E-state index in [2.05, 4.69) is 27.0 Å². The zero-order chi connectivity index (χ0) is 17.4. The number of carbonyl (C=O) groups excluding carboxylic acids is 1. The lowest BCUT2D eigenvalue weighted by Crippen LogP contribution is -2.41. The summed E-state index contributed by atoms with van der Waals surface area (Å²) in [5.74, 6) is 0.852. The zero-order valence-corrected chi connectivity index (χ0v) is 15.2. The molecule has 0 aliphatic rings. The Morgan fingerprint density at radius 1 is 1.21 bits per heavy atom. The summed E-state index contributed by atoms with van der Waals surface area (Å²) in [5.41, 5.74) is 1.09. The highest BCUT2D eigenvalue weighted by molar-refractivity contribution is 7.10. The van der Waals surface area contributed by atoms with E-state index in [1.54, 1.807) is 18.4 Å². The van der Waals surface area contributed by atoms with E-state index in [-0.39, 0.29) is 12.1 Å². The maximum absolute atomic E-state index is 12.0. The number of urea groups is 1. The van der Waals surface area contributed by atoms with E-state index in [9.17, 15) is 4.79 Å². The van der Waals surface area contributed by atoms with Crippen LogP contribution in [0.25, 0.3) is 0 Å². The monoisotopic (exact) mass is 347 g/mol. The first-order valence-electron chi connectivity index (χ1n) is 7.95. The molecule has 1 unspecified atom stereocenters. The first kappa shape index (κ1) is 18.3. The minimum absolute atomic E-state index is 0.145. The molecular formula is C18H25N3O2S. The maximum atomic E-state index is 12.0. The van der Waals surface area contributed by atoms with E-state index in [0.29, 0.717) is 13.1 Å². The molecule has 1 aromatic carbocycles. The number of amides is 2. The van der Waals surface area contributed by atoms with Gasteiger partial charge in [-0.1, -0.05) is 24.3 Å². The van der Waals surface area contributed by atoms with E-state index < -0.39 is 0 Å². The molecule has 0 spiro atoms. The number of hydrogen-bond acceptors (Lipinski definition) is 4. The Labute approximate surface area is 147 Å². The van der Waals surface area contributed by atoms with Gasteiger partial charge in [-0.2, -0.15) is 0 Å². The number of methoxy groups -OCH3 is 1. The average molecular weight is 347 g/mol. The number of carbonyl (C=O) groups is 1. The molecule has 2 aromatic rings. The van der Waals surface area contributed by atoms with Crippen molar-refractivity contribution >= 4 is 17.4 Å². The van der Waals surface area contributed by atoms with Crippen LogP contribution in [-0.4, -0.2) is 45.2 Å². The van der Waals surface area contributed by atoms with Crippen molar-refractivity contribution < 1.29 is 9.53 Å². The molecule has 0 aliphatic heterocycles. The molecular weight excluding hydrogens is 322 g/mol. The first-order chi connectivity index (χ1) is 11.6. The highest BCUT2D eigenvalue weighted by Crippen LogP contribution is 2.22. The van der Waals surface area contributed by atoms with Crippen molar-refractivity contribution in [1.29, 1.82) is 0 Å². The van der Waals surface area contributed by atoms with E-state index in [0.717, 1.165) is 17.7 Å². The topological polar surface area (TPSA) is 53.6 Å². The third kappa shape index (κ3) is 5.25. The Morgan fingerprint density at radius 3 is 2.67 bits per heavy atom. The number of thiophene rings is 1. The van der Waals surface area contributed by atoms with Crippen molar-refractivity contribution in [2.24, 2.45) is 0 Å². The molecule has 1 heterocycles. The van der Waals surface area contributed by atoms with Gasteiger partial charge in [-0.05, 0) is 43.6 Å². The number of hydrogen-bond donors (Lipinski definition) is 2. The van der Waals surface area contributed by atoms with E-state index in [1.165, 1.54) is 4.88 Å². The molecule has 1 atom stereocenters. The third-order valence-electron chi connectivity index (χ3n) is 3.82. The molecule has 6 heteroatoms. The SMILES string of the molecule is COc1ccccc1CCNC(=O)NCC(c1cccs1)N(C)C. The molecule has 2 amide bonds. The smallest absolute Gasteiger partial charge is 0.314 e. The normalized spacial score (nSPS) is 12.0. The standard InChI is InChI=1S/C18H25N3O2S/c1-21(2)15(17-9-6-12-24-17)13-20-18(22)19-11-10-14-7-4-5-8-16(14)23-3/h4-9,12,15H,10-11,13H2,1-3H3,(H2,19,20,22). The number of rotatable bonds is 8. The average Bonchev–Trinajstić information content (AvgIpc) is 3.09. The van der Waals surface area contributed by atoms with Crippen LogP contribution in [0.4, 0.5) is 4.79 Å². The van der Waals surface area contributed by atoms with Gasteiger partial charge in [0.15, 0.2) is 0 Å². The number of likely N-dealkylation sites (N-methyl/N-ethyl adjacent to an activating group) is 1. The summed E-state index contributed by atoms with van der Waals surface area (Å²) in [6.45, 7) is 1.14. The molecule has 0 aliphatic carbocycles. The summed E-state index contributed by atoms with van der Waals surface area (Å²) in [5, 5.41) is 7.91.